The van der Waals surface area contributed by atoms with E-state index in [4.69, 9.17) is 0 Å². The molecule has 1 aliphatic carbocycles. The van der Waals surface area contributed by atoms with Crippen LogP contribution in [0.3, 0.4) is 0 Å². The Morgan fingerprint density at radius 1 is 1.36 bits per heavy atom. The Kier molecular flexibility index (Phi) is 4.85. The average Bonchev–Trinajstić information content (AvgIpc) is 3.29. The Labute approximate surface area is 164 Å². The molecule has 2 fully saturated rings. The van der Waals surface area contributed by atoms with Crippen molar-refractivity contribution in [1.82, 2.24) is 20.4 Å². The van der Waals surface area contributed by atoms with E-state index in [0.717, 1.165) is 42.2 Å². The summed E-state index contributed by atoms with van der Waals surface area (Å²) in [4.78, 5) is 2.30. The van der Waals surface area contributed by atoms with Gasteiger partial charge in [0, 0.05) is 30.7 Å². The van der Waals surface area contributed by atoms with E-state index >= 15 is 0 Å². The lowest BCUT2D eigenvalue weighted by atomic mass is 9.99. The number of aromatic nitrogens is 2. The molecule has 146 valence electrons. The van der Waals surface area contributed by atoms with Crippen molar-refractivity contribution >= 4 is 11.5 Å². The molecule has 1 aliphatic heterocycles. The van der Waals surface area contributed by atoms with Gasteiger partial charge in [-0.1, -0.05) is 24.8 Å². The molecule has 0 unspecified atom stereocenters. The maximum atomic E-state index is 13.8. The summed E-state index contributed by atoms with van der Waals surface area (Å²) in [7, 11) is 0. The lowest BCUT2D eigenvalue weighted by molar-refractivity contribution is 0.276. The summed E-state index contributed by atoms with van der Waals surface area (Å²) in [6.07, 6.45) is 5.67. The highest BCUT2D eigenvalue weighted by Crippen LogP contribution is 2.37. The number of nitrogens with zero attached hydrogens (tertiary/aromatic N) is 4. The first-order valence-corrected chi connectivity index (χ1v) is 9.56. The molecule has 6 nitrogen and oxygen atoms in total. The maximum absolute atomic E-state index is 13.8. The van der Waals surface area contributed by atoms with E-state index in [2.05, 4.69) is 37.2 Å². The average molecular weight is 380 g/mol. The summed E-state index contributed by atoms with van der Waals surface area (Å²) < 4.78 is 13.8. The second-order valence-corrected chi connectivity index (χ2v) is 7.59. The van der Waals surface area contributed by atoms with E-state index in [0.29, 0.717) is 16.8 Å². The van der Waals surface area contributed by atoms with E-state index in [-0.39, 0.29) is 0 Å². The van der Waals surface area contributed by atoms with Crippen LogP contribution in [0.15, 0.2) is 47.3 Å². The quantitative estimate of drug-likeness (QED) is 0.486. The molecule has 1 saturated heterocycles. The standard InChI is InChI=1S/C21H25FN6/c1-4-19(26-25-15(3)28-10-9-23-21(13-28)7-8-21)17-6-5-16(11-14(17)2)18-12-24-27-20(18)22/h4-6,11-12,23H,1,7-10,13H2,2-3H3,(H,24,27)/b25-15+,26-19+. The second-order valence-electron chi connectivity index (χ2n) is 7.59. The normalized spacial score (nSPS) is 19.2. The molecule has 0 atom stereocenters. The predicted octanol–water partition coefficient (Wildman–Crippen LogP) is 3.27. The fraction of sp³-hybridized carbons (Fsp3) is 0.381. The third-order valence-corrected chi connectivity index (χ3v) is 5.59. The van der Waals surface area contributed by atoms with Crippen LogP contribution in [-0.2, 0) is 0 Å². The van der Waals surface area contributed by atoms with Gasteiger partial charge in [-0.2, -0.15) is 9.49 Å². The van der Waals surface area contributed by atoms with Crippen LogP contribution in [-0.4, -0.2) is 51.8 Å². The molecule has 1 spiro atoms. The van der Waals surface area contributed by atoms with Crippen molar-refractivity contribution in [2.75, 3.05) is 19.6 Å². The van der Waals surface area contributed by atoms with Gasteiger partial charge in [0.15, 0.2) is 0 Å². The minimum atomic E-state index is -0.436. The molecule has 0 bridgehead atoms. The maximum Gasteiger partial charge on any atom is 0.216 e. The van der Waals surface area contributed by atoms with Gasteiger partial charge in [-0.15, -0.1) is 10.2 Å². The summed E-state index contributed by atoms with van der Waals surface area (Å²) in [6, 6.07) is 5.71. The van der Waals surface area contributed by atoms with Gasteiger partial charge in [-0.05, 0) is 43.9 Å². The number of allylic oxidation sites excluding steroid dienone is 1. The van der Waals surface area contributed by atoms with Crippen LogP contribution in [0.4, 0.5) is 4.39 Å². The number of rotatable bonds is 4. The van der Waals surface area contributed by atoms with Crippen molar-refractivity contribution < 1.29 is 4.39 Å². The van der Waals surface area contributed by atoms with E-state index in [1.807, 2.05) is 32.0 Å². The first-order valence-electron chi connectivity index (χ1n) is 9.56. The number of aromatic amines is 1. The van der Waals surface area contributed by atoms with Crippen LogP contribution in [0.25, 0.3) is 11.1 Å². The predicted molar refractivity (Wildman–Crippen MR) is 110 cm³/mol. The number of H-pyrrole nitrogens is 1. The van der Waals surface area contributed by atoms with Crippen LogP contribution in [0.2, 0.25) is 0 Å². The third kappa shape index (κ3) is 3.62. The van der Waals surface area contributed by atoms with Gasteiger partial charge in [0.2, 0.25) is 5.95 Å². The smallest absolute Gasteiger partial charge is 0.216 e. The molecule has 2 N–H and O–H groups in total. The van der Waals surface area contributed by atoms with Crippen LogP contribution in [0, 0.1) is 12.9 Å². The van der Waals surface area contributed by atoms with Crippen LogP contribution >= 0.6 is 0 Å². The van der Waals surface area contributed by atoms with Crippen LogP contribution in [0.1, 0.15) is 30.9 Å². The third-order valence-electron chi connectivity index (χ3n) is 5.59. The van der Waals surface area contributed by atoms with Gasteiger partial charge in [0.25, 0.3) is 0 Å². The van der Waals surface area contributed by atoms with E-state index in [9.17, 15) is 4.39 Å². The highest BCUT2D eigenvalue weighted by Gasteiger charge is 2.45. The van der Waals surface area contributed by atoms with Gasteiger partial charge in [0.1, 0.15) is 5.84 Å². The zero-order chi connectivity index (χ0) is 19.7. The number of amidine groups is 1. The highest BCUT2D eigenvalue weighted by atomic mass is 19.1. The minimum Gasteiger partial charge on any atom is -0.356 e. The summed E-state index contributed by atoms with van der Waals surface area (Å²) >= 11 is 0. The first kappa shape index (κ1) is 18.6. The Balaban J connectivity index is 1.56. The number of hydrogen-bond donors (Lipinski definition) is 2. The molecule has 7 heteroatoms. The molecule has 1 aromatic heterocycles. The Bertz CT molecular complexity index is 954. The Morgan fingerprint density at radius 3 is 2.82 bits per heavy atom. The van der Waals surface area contributed by atoms with Gasteiger partial charge in [0.05, 0.1) is 17.5 Å². The molecule has 2 heterocycles. The number of piperazine rings is 1. The molecular weight excluding hydrogens is 355 g/mol. The largest absolute Gasteiger partial charge is 0.356 e. The van der Waals surface area contributed by atoms with Gasteiger partial charge in [-0.3, -0.25) is 5.10 Å². The van der Waals surface area contributed by atoms with Crippen molar-refractivity contribution in [1.29, 1.82) is 0 Å². The fourth-order valence-electron chi connectivity index (χ4n) is 3.70. The summed E-state index contributed by atoms with van der Waals surface area (Å²) in [5, 5.41) is 18.6. The zero-order valence-electron chi connectivity index (χ0n) is 16.3. The Hall–Kier alpha value is -2.80. The molecule has 0 radical (unpaired) electrons. The van der Waals surface area contributed by atoms with Crippen molar-refractivity contribution in [2.45, 2.75) is 32.2 Å². The molecule has 2 aromatic rings. The van der Waals surface area contributed by atoms with E-state index < -0.39 is 5.95 Å². The summed E-state index contributed by atoms with van der Waals surface area (Å²) in [6.45, 7) is 10.8. The number of nitrogens with one attached hydrogen (secondary N) is 2. The fourth-order valence-corrected chi connectivity index (χ4v) is 3.70. The van der Waals surface area contributed by atoms with Crippen molar-refractivity contribution in [3.05, 3.63) is 54.1 Å². The molecule has 1 saturated carbocycles. The lowest BCUT2D eigenvalue weighted by Gasteiger charge is -2.34. The topological polar surface area (TPSA) is 68.7 Å². The van der Waals surface area contributed by atoms with Crippen molar-refractivity contribution in [3.63, 3.8) is 0 Å². The monoisotopic (exact) mass is 380 g/mol. The molecule has 1 aromatic carbocycles. The van der Waals surface area contributed by atoms with Crippen molar-refractivity contribution in [2.24, 2.45) is 10.2 Å². The Morgan fingerprint density at radius 2 is 2.18 bits per heavy atom. The van der Waals surface area contributed by atoms with Crippen LogP contribution < -0.4 is 5.32 Å². The first-order chi connectivity index (χ1) is 13.5. The number of halogens is 1. The van der Waals surface area contributed by atoms with E-state index in [1.54, 1.807) is 6.08 Å². The SMILES string of the molecule is C=C/C(=N\N=C(/C)N1CCNC2(CC2)C1)c1ccc(-c2cn[nH]c2F)cc1C. The van der Waals surface area contributed by atoms with E-state index in [1.165, 1.54) is 19.0 Å². The molecule has 28 heavy (non-hydrogen) atoms. The van der Waals surface area contributed by atoms with Gasteiger partial charge in [-0.25, -0.2) is 0 Å². The lowest BCUT2D eigenvalue weighted by Crippen LogP contribution is -2.53. The van der Waals surface area contributed by atoms with Crippen molar-refractivity contribution in [3.8, 4) is 11.1 Å². The summed E-state index contributed by atoms with van der Waals surface area (Å²) in [5.41, 5.74) is 4.13. The van der Waals surface area contributed by atoms with Gasteiger partial charge < -0.3 is 10.2 Å². The number of benzene rings is 1. The number of aryl methyl sites for hydroxylation is 1. The zero-order valence-corrected chi connectivity index (χ0v) is 16.3. The van der Waals surface area contributed by atoms with Gasteiger partial charge >= 0.3 is 0 Å². The molecule has 0 amide bonds. The highest BCUT2D eigenvalue weighted by molar-refractivity contribution is 6.09. The number of hydrogen-bond acceptors (Lipinski definition) is 4. The minimum absolute atomic E-state index is 0.300. The summed E-state index contributed by atoms with van der Waals surface area (Å²) in [5.74, 6) is 0.483. The molecule has 2 aliphatic rings. The second kappa shape index (κ2) is 7.31. The molecular formula is C21H25FN6. The van der Waals surface area contributed by atoms with Crippen LogP contribution in [0.5, 0.6) is 0 Å². The molecule has 4 rings (SSSR count).